The first kappa shape index (κ1) is 29.0. The van der Waals surface area contributed by atoms with Crippen LogP contribution in [-0.2, 0) is 14.9 Å². The van der Waals surface area contributed by atoms with Crippen LogP contribution in [0.2, 0.25) is 0 Å². The number of nitrogens with zero attached hydrogens (tertiary/aromatic N) is 1. The Balaban J connectivity index is 1.58. The molecule has 0 aromatic heterocycles. The fourth-order valence-electron chi connectivity index (χ4n) is 4.60. The van der Waals surface area contributed by atoms with E-state index in [4.69, 9.17) is 9.47 Å². The molecule has 0 radical (unpaired) electrons. The number of hydrogen-bond donors (Lipinski definition) is 3. The van der Waals surface area contributed by atoms with Crippen LogP contribution in [-0.4, -0.2) is 73.6 Å². The summed E-state index contributed by atoms with van der Waals surface area (Å²) < 4.78 is 11.5. The highest BCUT2D eigenvalue weighted by atomic mass is 16.5. The number of ketones is 1. The first-order chi connectivity index (χ1) is 19.1. The summed E-state index contributed by atoms with van der Waals surface area (Å²) in [5.74, 6) is -1.93. The van der Waals surface area contributed by atoms with Gasteiger partial charge in [-0.05, 0) is 47.6 Å². The number of ether oxygens (including phenoxy) is 2. The third-order valence-electron chi connectivity index (χ3n) is 6.91. The van der Waals surface area contributed by atoms with E-state index in [9.17, 15) is 19.5 Å². The van der Waals surface area contributed by atoms with Crippen LogP contribution in [0.1, 0.15) is 54.0 Å². The van der Waals surface area contributed by atoms with Gasteiger partial charge in [-0.3, -0.25) is 19.3 Å². The summed E-state index contributed by atoms with van der Waals surface area (Å²) in [5.41, 5.74) is 0.578. The minimum Gasteiger partial charge on any atom is -0.505 e. The van der Waals surface area contributed by atoms with Crippen molar-refractivity contribution < 1.29 is 29.0 Å². The van der Waals surface area contributed by atoms with Crippen molar-refractivity contribution in [1.82, 2.24) is 10.2 Å². The zero-order chi connectivity index (χ0) is 28.9. The third-order valence-corrected chi connectivity index (χ3v) is 6.91. The second-order valence-corrected chi connectivity index (χ2v) is 10.8. The SMILES string of the molecule is CCNC(=O)c1cc(C(C)(C)C)cc(NC(=O)C(=O)c2ccc(OCCN3CCOCC3)c3ccccc23)c1O. The number of phenols is 1. The molecule has 9 heteroatoms. The van der Waals surface area contributed by atoms with Crippen LogP contribution in [0.25, 0.3) is 10.8 Å². The summed E-state index contributed by atoms with van der Waals surface area (Å²) in [6.07, 6.45) is 0. The minimum atomic E-state index is -0.922. The van der Waals surface area contributed by atoms with Gasteiger partial charge in [0.2, 0.25) is 0 Å². The second-order valence-electron chi connectivity index (χ2n) is 10.8. The Hall–Kier alpha value is -3.95. The number of amides is 2. The summed E-state index contributed by atoms with van der Waals surface area (Å²) >= 11 is 0. The first-order valence-corrected chi connectivity index (χ1v) is 13.6. The zero-order valence-corrected chi connectivity index (χ0v) is 23.5. The number of benzene rings is 3. The fraction of sp³-hybridized carbons (Fsp3) is 0.387. The molecule has 1 heterocycles. The summed E-state index contributed by atoms with van der Waals surface area (Å²) in [6.45, 7) is 12.4. The van der Waals surface area contributed by atoms with Gasteiger partial charge in [-0.2, -0.15) is 0 Å². The Kier molecular flexibility index (Phi) is 9.07. The number of fused-ring (bicyclic) bond motifs is 1. The van der Waals surface area contributed by atoms with Gasteiger partial charge in [0, 0.05) is 37.1 Å². The quantitative estimate of drug-likeness (QED) is 0.210. The van der Waals surface area contributed by atoms with Crippen LogP contribution >= 0.6 is 0 Å². The van der Waals surface area contributed by atoms with Gasteiger partial charge in [0.25, 0.3) is 17.6 Å². The Morgan fingerprint density at radius 1 is 1.00 bits per heavy atom. The highest BCUT2D eigenvalue weighted by Crippen LogP contribution is 2.35. The molecule has 212 valence electrons. The van der Waals surface area contributed by atoms with E-state index in [-0.39, 0.29) is 22.2 Å². The predicted molar refractivity (Wildman–Crippen MR) is 154 cm³/mol. The number of morpholine rings is 1. The molecule has 0 unspecified atom stereocenters. The van der Waals surface area contributed by atoms with Crippen LogP contribution in [0.4, 0.5) is 5.69 Å². The molecular formula is C31H37N3O6. The van der Waals surface area contributed by atoms with Crippen LogP contribution in [0.3, 0.4) is 0 Å². The van der Waals surface area contributed by atoms with Gasteiger partial charge in [0.05, 0.1) is 24.5 Å². The molecule has 3 aromatic carbocycles. The maximum Gasteiger partial charge on any atom is 0.296 e. The minimum absolute atomic E-state index is 0.000556. The van der Waals surface area contributed by atoms with Gasteiger partial charge in [-0.25, -0.2) is 0 Å². The number of hydrogen-bond acceptors (Lipinski definition) is 7. The van der Waals surface area contributed by atoms with Crippen molar-refractivity contribution in [2.45, 2.75) is 33.1 Å². The normalized spacial score (nSPS) is 14.1. The largest absolute Gasteiger partial charge is 0.505 e. The van der Waals surface area contributed by atoms with Gasteiger partial charge in [0.15, 0.2) is 5.75 Å². The third kappa shape index (κ3) is 6.60. The smallest absolute Gasteiger partial charge is 0.296 e. The number of rotatable bonds is 9. The molecule has 0 saturated carbocycles. The number of Topliss-reactive ketones (excluding diaryl/α,β-unsaturated/α-hetero) is 1. The van der Waals surface area contributed by atoms with Crippen molar-refractivity contribution in [2.24, 2.45) is 0 Å². The fourth-order valence-corrected chi connectivity index (χ4v) is 4.60. The number of carbonyl (C=O) groups excluding carboxylic acids is 3. The van der Waals surface area contributed by atoms with Gasteiger partial charge >= 0.3 is 0 Å². The summed E-state index contributed by atoms with van der Waals surface area (Å²) in [6, 6.07) is 13.7. The molecule has 1 fully saturated rings. The number of aromatic hydroxyl groups is 1. The molecule has 4 rings (SSSR count). The molecule has 1 aliphatic rings. The topological polar surface area (TPSA) is 117 Å². The van der Waals surface area contributed by atoms with E-state index in [1.54, 1.807) is 43.3 Å². The molecule has 40 heavy (non-hydrogen) atoms. The molecule has 1 saturated heterocycles. The van der Waals surface area contributed by atoms with Crippen molar-refractivity contribution in [2.75, 3.05) is 51.3 Å². The number of carbonyl (C=O) groups is 3. The van der Waals surface area contributed by atoms with E-state index in [0.29, 0.717) is 37.5 Å². The Bertz CT molecular complexity index is 1410. The van der Waals surface area contributed by atoms with Crippen LogP contribution in [0.5, 0.6) is 11.5 Å². The monoisotopic (exact) mass is 547 g/mol. The molecule has 1 aliphatic heterocycles. The van der Waals surface area contributed by atoms with E-state index in [1.165, 1.54) is 0 Å². The van der Waals surface area contributed by atoms with E-state index in [0.717, 1.165) is 30.6 Å². The van der Waals surface area contributed by atoms with E-state index in [2.05, 4.69) is 15.5 Å². The Morgan fingerprint density at radius 2 is 1.70 bits per heavy atom. The Morgan fingerprint density at radius 3 is 2.38 bits per heavy atom. The molecule has 3 N–H and O–H groups in total. The maximum atomic E-state index is 13.4. The average Bonchev–Trinajstić information content (AvgIpc) is 2.93. The lowest BCUT2D eigenvalue weighted by Crippen LogP contribution is -2.38. The lowest BCUT2D eigenvalue weighted by atomic mass is 9.85. The van der Waals surface area contributed by atoms with E-state index < -0.39 is 23.3 Å². The summed E-state index contributed by atoms with van der Waals surface area (Å²) in [7, 11) is 0. The number of anilines is 1. The summed E-state index contributed by atoms with van der Waals surface area (Å²) in [4.78, 5) is 41.4. The van der Waals surface area contributed by atoms with Crippen molar-refractivity contribution in [3.63, 3.8) is 0 Å². The van der Waals surface area contributed by atoms with Crippen molar-refractivity contribution in [1.29, 1.82) is 0 Å². The van der Waals surface area contributed by atoms with Crippen molar-refractivity contribution in [3.8, 4) is 11.5 Å². The molecule has 3 aromatic rings. The summed E-state index contributed by atoms with van der Waals surface area (Å²) in [5, 5.41) is 17.4. The molecule has 0 atom stereocenters. The molecule has 2 amide bonds. The van der Waals surface area contributed by atoms with E-state index >= 15 is 0 Å². The zero-order valence-electron chi connectivity index (χ0n) is 23.5. The van der Waals surface area contributed by atoms with Crippen LogP contribution in [0.15, 0.2) is 48.5 Å². The number of phenolic OH excluding ortho intramolecular Hbond substituents is 1. The van der Waals surface area contributed by atoms with Gasteiger partial charge in [-0.1, -0.05) is 45.0 Å². The standard InChI is InChI=1S/C31H37N3O6/c1-5-32-29(37)24-18-20(31(2,3)4)19-25(27(24)35)33-30(38)28(36)23-10-11-26(22-9-7-6-8-21(22)23)40-17-14-34-12-15-39-16-13-34/h6-11,18-19,35H,5,12-17H2,1-4H3,(H,32,37)(H,33,38). The van der Waals surface area contributed by atoms with Gasteiger partial charge in [-0.15, -0.1) is 0 Å². The highest BCUT2D eigenvalue weighted by molar-refractivity contribution is 6.48. The Labute approximate surface area is 234 Å². The molecule has 0 spiro atoms. The highest BCUT2D eigenvalue weighted by Gasteiger charge is 2.26. The van der Waals surface area contributed by atoms with Crippen LogP contribution in [0, 0.1) is 0 Å². The maximum absolute atomic E-state index is 13.4. The molecule has 0 bridgehead atoms. The second kappa shape index (κ2) is 12.5. The van der Waals surface area contributed by atoms with Crippen molar-refractivity contribution >= 4 is 34.1 Å². The lowest BCUT2D eigenvalue weighted by molar-refractivity contribution is -0.112. The molecule has 9 nitrogen and oxygen atoms in total. The lowest BCUT2D eigenvalue weighted by Gasteiger charge is -2.26. The predicted octanol–water partition coefficient (Wildman–Crippen LogP) is 4.13. The van der Waals surface area contributed by atoms with E-state index in [1.807, 2.05) is 32.9 Å². The average molecular weight is 548 g/mol. The van der Waals surface area contributed by atoms with Crippen LogP contribution < -0.4 is 15.4 Å². The molecule has 0 aliphatic carbocycles. The van der Waals surface area contributed by atoms with Gasteiger partial charge in [0.1, 0.15) is 12.4 Å². The first-order valence-electron chi connectivity index (χ1n) is 13.6. The number of nitrogens with one attached hydrogen (secondary N) is 2. The van der Waals surface area contributed by atoms with Crippen molar-refractivity contribution in [3.05, 3.63) is 65.2 Å². The van der Waals surface area contributed by atoms with Gasteiger partial charge < -0.3 is 25.2 Å². The molecular weight excluding hydrogens is 510 g/mol.